The first-order valence-corrected chi connectivity index (χ1v) is 12.7. The molecule has 3 heterocycles. The fourth-order valence-corrected chi connectivity index (χ4v) is 5.69. The summed E-state index contributed by atoms with van der Waals surface area (Å²) in [7, 11) is 0. The molecule has 37 heavy (non-hydrogen) atoms. The topological polar surface area (TPSA) is 95.2 Å². The highest BCUT2D eigenvalue weighted by atomic mass is 16.3. The van der Waals surface area contributed by atoms with Gasteiger partial charge in [0.2, 0.25) is 0 Å². The summed E-state index contributed by atoms with van der Waals surface area (Å²) in [6.45, 7) is 1.62. The van der Waals surface area contributed by atoms with Gasteiger partial charge in [-0.05, 0) is 61.4 Å². The van der Waals surface area contributed by atoms with E-state index in [0.717, 1.165) is 52.1 Å². The molecule has 2 atom stereocenters. The number of hydrogen-bond acceptors (Lipinski definition) is 5. The first-order valence-electron chi connectivity index (χ1n) is 12.7. The summed E-state index contributed by atoms with van der Waals surface area (Å²) >= 11 is 0. The number of hydrazone groups is 1. The number of aryl methyl sites for hydroxylation is 2. The van der Waals surface area contributed by atoms with Gasteiger partial charge in [-0.3, -0.25) is 14.5 Å². The van der Waals surface area contributed by atoms with Crippen LogP contribution in [0.25, 0.3) is 0 Å². The molecule has 1 aliphatic carbocycles. The van der Waals surface area contributed by atoms with E-state index in [-0.39, 0.29) is 5.91 Å². The smallest absolute Gasteiger partial charge is 0.325 e. The predicted molar refractivity (Wildman–Crippen MR) is 137 cm³/mol. The zero-order chi connectivity index (χ0) is 25.6. The molecule has 2 aromatic carbocycles. The second-order valence-electron chi connectivity index (χ2n) is 9.98. The van der Waals surface area contributed by atoms with E-state index in [1.807, 2.05) is 61.5 Å². The summed E-state index contributed by atoms with van der Waals surface area (Å²) in [6.07, 6.45) is 5.14. The number of benzene rings is 2. The van der Waals surface area contributed by atoms with Crippen molar-refractivity contribution in [2.45, 2.75) is 50.6 Å². The third-order valence-electron chi connectivity index (χ3n) is 7.62. The summed E-state index contributed by atoms with van der Waals surface area (Å²) in [5.74, 6) is -0.215. The Morgan fingerprint density at radius 2 is 1.89 bits per heavy atom. The van der Waals surface area contributed by atoms with Gasteiger partial charge in [0.05, 0.1) is 12.0 Å². The minimum absolute atomic E-state index is 0.378. The van der Waals surface area contributed by atoms with Crippen LogP contribution in [-0.4, -0.2) is 40.0 Å². The van der Waals surface area contributed by atoms with Gasteiger partial charge in [0.15, 0.2) is 0 Å². The van der Waals surface area contributed by atoms with Gasteiger partial charge in [0, 0.05) is 6.42 Å². The molecule has 0 saturated carbocycles. The van der Waals surface area contributed by atoms with Crippen LogP contribution < -0.4 is 5.32 Å². The molecular formula is C29H28N4O4. The molecule has 1 saturated heterocycles. The first-order chi connectivity index (χ1) is 18.0. The molecule has 1 spiro atoms. The Morgan fingerprint density at radius 3 is 2.68 bits per heavy atom. The first kappa shape index (κ1) is 23.2. The van der Waals surface area contributed by atoms with Crippen LogP contribution in [0.1, 0.15) is 59.7 Å². The van der Waals surface area contributed by atoms with Crippen molar-refractivity contribution in [2.24, 2.45) is 5.10 Å². The number of amides is 4. The molecule has 4 amide bonds. The zero-order valence-corrected chi connectivity index (χ0v) is 20.6. The molecule has 1 aromatic heterocycles. The fourth-order valence-electron chi connectivity index (χ4n) is 5.69. The fraction of sp³-hybridized carbons (Fsp3) is 0.310. The number of nitrogens with zero attached hydrogens (tertiary/aromatic N) is 3. The van der Waals surface area contributed by atoms with Crippen molar-refractivity contribution >= 4 is 23.6 Å². The van der Waals surface area contributed by atoms with Crippen molar-refractivity contribution in [1.29, 1.82) is 0 Å². The van der Waals surface area contributed by atoms with Crippen LogP contribution in [0.5, 0.6) is 0 Å². The molecule has 8 heteroatoms. The number of carbonyl (C=O) groups excluding carboxylic acids is 3. The molecule has 8 nitrogen and oxygen atoms in total. The van der Waals surface area contributed by atoms with E-state index in [2.05, 4.69) is 10.4 Å². The van der Waals surface area contributed by atoms with E-state index in [1.54, 1.807) is 12.3 Å². The summed E-state index contributed by atoms with van der Waals surface area (Å²) in [5.41, 5.74) is 3.56. The maximum atomic E-state index is 13.8. The second kappa shape index (κ2) is 9.03. The van der Waals surface area contributed by atoms with Crippen LogP contribution >= 0.6 is 0 Å². The zero-order valence-electron chi connectivity index (χ0n) is 20.6. The summed E-state index contributed by atoms with van der Waals surface area (Å²) in [6, 6.07) is 18.3. The quantitative estimate of drug-likeness (QED) is 0.540. The van der Waals surface area contributed by atoms with Crippen LogP contribution in [-0.2, 0) is 21.5 Å². The van der Waals surface area contributed by atoms with Crippen LogP contribution in [0, 0.1) is 6.92 Å². The molecular weight excluding hydrogens is 468 g/mol. The van der Waals surface area contributed by atoms with Gasteiger partial charge >= 0.3 is 6.03 Å². The standard InChI is InChI=1S/C29H28N4O4/c1-19-11-13-21(14-12-19)23-17-24(25-10-6-16-37-25)33(31-23)26(34)18-32-27(35)29(30-28(32)36)15-5-4-8-20-7-2-3-9-22(20)29/h2-3,6-7,9-14,16,24H,4-5,8,15,17-18H2,1H3,(H,30,36)/t24-,29+/m0/s1. The number of urea groups is 1. The number of imide groups is 1. The molecule has 2 aliphatic heterocycles. The average Bonchev–Trinajstić information content (AvgIpc) is 3.60. The van der Waals surface area contributed by atoms with Crippen molar-refractivity contribution in [1.82, 2.24) is 15.2 Å². The molecule has 0 unspecified atom stereocenters. The summed E-state index contributed by atoms with van der Waals surface area (Å²) in [4.78, 5) is 41.6. The van der Waals surface area contributed by atoms with E-state index in [9.17, 15) is 14.4 Å². The van der Waals surface area contributed by atoms with E-state index in [0.29, 0.717) is 18.6 Å². The van der Waals surface area contributed by atoms with E-state index >= 15 is 0 Å². The molecule has 0 bridgehead atoms. The Hall–Kier alpha value is -4.20. The highest BCUT2D eigenvalue weighted by Gasteiger charge is 2.54. The van der Waals surface area contributed by atoms with Gasteiger partial charge in [-0.15, -0.1) is 0 Å². The van der Waals surface area contributed by atoms with Crippen molar-refractivity contribution in [3.63, 3.8) is 0 Å². The third-order valence-corrected chi connectivity index (χ3v) is 7.62. The van der Waals surface area contributed by atoms with Gasteiger partial charge < -0.3 is 9.73 Å². The Kier molecular flexibility index (Phi) is 5.67. The van der Waals surface area contributed by atoms with E-state index in [4.69, 9.17) is 4.42 Å². The monoisotopic (exact) mass is 496 g/mol. The lowest BCUT2D eigenvalue weighted by atomic mass is 9.84. The SMILES string of the molecule is Cc1ccc(C2=NN(C(=O)CN3C(=O)N[C@@]4(CCCCc5ccccc54)C3=O)[C@H](c3ccco3)C2)cc1. The average molecular weight is 497 g/mol. The number of fused-ring (bicyclic) bond motifs is 2. The van der Waals surface area contributed by atoms with Crippen LogP contribution in [0.2, 0.25) is 0 Å². The summed E-state index contributed by atoms with van der Waals surface area (Å²) < 4.78 is 5.63. The molecule has 1 fully saturated rings. The van der Waals surface area contributed by atoms with Crippen molar-refractivity contribution in [3.8, 4) is 0 Å². The minimum Gasteiger partial charge on any atom is -0.467 e. The Bertz CT molecular complexity index is 1400. The van der Waals surface area contributed by atoms with E-state index in [1.165, 1.54) is 5.01 Å². The lowest BCUT2D eigenvalue weighted by Crippen LogP contribution is -2.45. The number of carbonyl (C=O) groups is 3. The molecule has 3 aliphatic rings. The highest BCUT2D eigenvalue weighted by molar-refractivity contribution is 6.10. The van der Waals surface area contributed by atoms with Gasteiger partial charge in [-0.25, -0.2) is 9.80 Å². The van der Waals surface area contributed by atoms with E-state index < -0.39 is 30.1 Å². The second-order valence-corrected chi connectivity index (χ2v) is 9.98. The minimum atomic E-state index is -1.13. The maximum Gasteiger partial charge on any atom is 0.325 e. The van der Waals surface area contributed by atoms with Crippen LogP contribution in [0.4, 0.5) is 4.79 Å². The lowest BCUT2D eigenvalue weighted by Gasteiger charge is -2.27. The summed E-state index contributed by atoms with van der Waals surface area (Å²) in [5, 5.41) is 8.96. The predicted octanol–water partition coefficient (Wildman–Crippen LogP) is 4.44. The van der Waals surface area contributed by atoms with Crippen molar-refractivity contribution in [3.05, 3.63) is 94.9 Å². The van der Waals surface area contributed by atoms with Crippen molar-refractivity contribution < 1.29 is 18.8 Å². The van der Waals surface area contributed by atoms with Gasteiger partial charge in [-0.1, -0.05) is 54.1 Å². The molecule has 6 rings (SSSR count). The number of nitrogens with one attached hydrogen (secondary N) is 1. The van der Waals surface area contributed by atoms with Gasteiger partial charge in [0.1, 0.15) is 23.9 Å². The molecule has 3 aromatic rings. The Balaban J connectivity index is 1.29. The number of hydrogen-bond donors (Lipinski definition) is 1. The number of furan rings is 1. The molecule has 188 valence electrons. The highest BCUT2D eigenvalue weighted by Crippen LogP contribution is 2.39. The molecule has 1 N–H and O–H groups in total. The maximum absolute atomic E-state index is 13.8. The lowest BCUT2D eigenvalue weighted by molar-refractivity contribution is -0.140. The van der Waals surface area contributed by atoms with Crippen molar-refractivity contribution in [2.75, 3.05) is 6.54 Å². The number of rotatable bonds is 4. The normalized spacial score (nSPS) is 23.2. The van der Waals surface area contributed by atoms with Crippen LogP contribution in [0.3, 0.4) is 0 Å². The third kappa shape index (κ3) is 3.93. The van der Waals surface area contributed by atoms with Gasteiger partial charge in [0.25, 0.3) is 11.8 Å². The van der Waals surface area contributed by atoms with Crippen LogP contribution in [0.15, 0.2) is 76.4 Å². The van der Waals surface area contributed by atoms with Gasteiger partial charge in [-0.2, -0.15) is 5.10 Å². The Labute approximate surface area is 214 Å². The molecule has 0 radical (unpaired) electrons. The largest absolute Gasteiger partial charge is 0.467 e. The Morgan fingerprint density at radius 1 is 1.08 bits per heavy atom.